The van der Waals surface area contributed by atoms with Crippen LogP contribution in [0.3, 0.4) is 0 Å². The minimum absolute atomic E-state index is 0.319. The van der Waals surface area contributed by atoms with Crippen LogP contribution in [0.5, 0.6) is 0 Å². The predicted molar refractivity (Wildman–Crippen MR) is 31.4 cm³/mol. The number of alkyl halides is 3. The Bertz CT molecular complexity index is 104. The molecular weight excluding hydrogens is 143 g/mol. The van der Waals surface area contributed by atoms with Crippen LogP contribution < -0.4 is 5.32 Å². The van der Waals surface area contributed by atoms with Crippen molar-refractivity contribution >= 4 is 0 Å². The quantitative estimate of drug-likeness (QED) is 0.568. The molecule has 0 unspecified atom stereocenters. The first-order valence-electron chi connectivity index (χ1n) is 3.42. The average Bonchev–Trinajstić information content (AvgIpc) is 2.12. The highest BCUT2D eigenvalue weighted by Gasteiger charge is 2.31. The second kappa shape index (κ2) is 2.78. The molecule has 1 rings (SSSR count). The lowest BCUT2D eigenvalue weighted by Gasteiger charge is -2.13. The Morgan fingerprint density at radius 2 is 1.60 bits per heavy atom. The van der Waals surface area contributed by atoms with Gasteiger partial charge < -0.3 is 0 Å². The predicted octanol–water partition coefficient (Wildman–Crippen LogP) is 2.04. The van der Waals surface area contributed by atoms with Crippen LogP contribution in [0.1, 0.15) is 25.7 Å². The van der Waals surface area contributed by atoms with Gasteiger partial charge in [0.05, 0.1) is 0 Å². The Labute approximate surface area is 57.6 Å². The van der Waals surface area contributed by atoms with Crippen LogP contribution in [0.4, 0.5) is 13.2 Å². The molecule has 1 aliphatic carbocycles. The zero-order valence-corrected chi connectivity index (χ0v) is 5.54. The Hall–Kier alpha value is -0.250. The highest BCUT2D eigenvalue weighted by atomic mass is 19.4. The largest absolute Gasteiger partial charge is 0.457 e. The molecule has 0 bridgehead atoms. The highest BCUT2D eigenvalue weighted by Crippen LogP contribution is 2.22. The maximum absolute atomic E-state index is 11.6. The first-order valence-corrected chi connectivity index (χ1v) is 3.42. The summed E-state index contributed by atoms with van der Waals surface area (Å²) in [6.07, 6.45) is -1.00. The maximum atomic E-state index is 11.6. The van der Waals surface area contributed by atoms with Gasteiger partial charge in [0.2, 0.25) is 0 Å². The van der Waals surface area contributed by atoms with Crippen molar-refractivity contribution in [1.29, 1.82) is 0 Å². The van der Waals surface area contributed by atoms with E-state index in [1.165, 1.54) is 0 Å². The van der Waals surface area contributed by atoms with Crippen LogP contribution in [0, 0.1) is 0 Å². The number of nitrogens with one attached hydrogen (secondary N) is 1. The van der Waals surface area contributed by atoms with Crippen molar-refractivity contribution in [2.24, 2.45) is 0 Å². The lowest BCUT2D eigenvalue weighted by molar-refractivity contribution is -0.163. The summed E-state index contributed by atoms with van der Waals surface area (Å²) in [5.41, 5.74) is 0. The summed E-state index contributed by atoms with van der Waals surface area (Å²) >= 11 is 0. The molecule has 0 saturated heterocycles. The molecular formula is C6H10F3N. The van der Waals surface area contributed by atoms with Gasteiger partial charge in [0.15, 0.2) is 0 Å². The molecule has 1 nitrogen and oxygen atoms in total. The van der Waals surface area contributed by atoms with E-state index in [2.05, 4.69) is 0 Å². The van der Waals surface area contributed by atoms with E-state index in [1.807, 2.05) is 0 Å². The van der Waals surface area contributed by atoms with Crippen LogP contribution in [0.25, 0.3) is 0 Å². The first kappa shape index (κ1) is 7.85. The molecule has 0 heterocycles. The molecule has 0 aromatic rings. The summed E-state index contributed by atoms with van der Waals surface area (Å²) in [6, 6.07) is -0.319. The van der Waals surface area contributed by atoms with E-state index in [0.717, 1.165) is 12.8 Å². The first-order chi connectivity index (χ1) is 4.58. The molecule has 1 aliphatic rings. The summed E-state index contributed by atoms with van der Waals surface area (Å²) in [6.45, 7) is 0. The molecule has 10 heavy (non-hydrogen) atoms. The van der Waals surface area contributed by atoms with Crippen molar-refractivity contribution in [3.63, 3.8) is 0 Å². The lowest BCUT2D eigenvalue weighted by atomic mass is 10.3. The molecule has 1 saturated carbocycles. The number of hydrogen-bond acceptors (Lipinski definition) is 1. The Morgan fingerprint density at radius 1 is 1.10 bits per heavy atom. The third-order valence-corrected chi connectivity index (χ3v) is 1.72. The molecule has 1 N–H and O–H groups in total. The molecule has 0 aromatic heterocycles. The number of hydrogen-bond donors (Lipinski definition) is 1. The SMILES string of the molecule is FC(F)(F)NC1CCCC1. The fourth-order valence-electron chi connectivity index (χ4n) is 1.30. The standard InChI is InChI=1S/C6H10F3N/c7-6(8,9)10-5-3-1-2-4-5/h5,10H,1-4H2. The van der Waals surface area contributed by atoms with Gasteiger partial charge in [-0.2, -0.15) is 13.2 Å². The third kappa shape index (κ3) is 2.56. The average molecular weight is 153 g/mol. The van der Waals surface area contributed by atoms with Crippen molar-refractivity contribution in [2.45, 2.75) is 38.0 Å². The molecule has 0 atom stereocenters. The van der Waals surface area contributed by atoms with Gasteiger partial charge in [0, 0.05) is 6.04 Å². The van der Waals surface area contributed by atoms with Crippen LogP contribution in [0.2, 0.25) is 0 Å². The third-order valence-electron chi connectivity index (χ3n) is 1.72. The van der Waals surface area contributed by atoms with E-state index < -0.39 is 6.30 Å². The fraction of sp³-hybridized carbons (Fsp3) is 1.00. The van der Waals surface area contributed by atoms with Crippen molar-refractivity contribution in [3.8, 4) is 0 Å². The summed E-state index contributed by atoms with van der Waals surface area (Å²) in [4.78, 5) is 0. The molecule has 0 aliphatic heterocycles. The summed E-state index contributed by atoms with van der Waals surface area (Å²) in [5.74, 6) is 0. The highest BCUT2D eigenvalue weighted by molar-refractivity contribution is 4.74. The Kier molecular flexibility index (Phi) is 2.18. The van der Waals surface area contributed by atoms with Gasteiger partial charge >= 0.3 is 6.30 Å². The minimum Gasteiger partial charge on any atom is -0.225 e. The van der Waals surface area contributed by atoms with Crippen molar-refractivity contribution in [1.82, 2.24) is 5.32 Å². The van der Waals surface area contributed by atoms with Crippen LogP contribution >= 0.6 is 0 Å². The van der Waals surface area contributed by atoms with Crippen LogP contribution in [-0.4, -0.2) is 12.3 Å². The lowest BCUT2D eigenvalue weighted by Crippen LogP contribution is -2.38. The van der Waals surface area contributed by atoms with Gasteiger partial charge in [0.25, 0.3) is 0 Å². The Morgan fingerprint density at radius 3 is 2.00 bits per heavy atom. The maximum Gasteiger partial charge on any atom is 0.457 e. The second-order valence-electron chi connectivity index (χ2n) is 2.62. The van der Waals surface area contributed by atoms with Gasteiger partial charge in [0.1, 0.15) is 0 Å². The minimum atomic E-state index is -4.19. The van der Waals surface area contributed by atoms with E-state index in [1.54, 1.807) is 5.32 Å². The summed E-state index contributed by atoms with van der Waals surface area (Å²) in [5, 5.41) is 1.62. The molecule has 0 amide bonds. The van der Waals surface area contributed by atoms with Crippen molar-refractivity contribution < 1.29 is 13.2 Å². The van der Waals surface area contributed by atoms with Gasteiger partial charge in [-0.1, -0.05) is 12.8 Å². The van der Waals surface area contributed by atoms with Crippen LogP contribution in [0.15, 0.2) is 0 Å². The molecule has 0 radical (unpaired) electrons. The van der Waals surface area contributed by atoms with E-state index in [4.69, 9.17) is 0 Å². The monoisotopic (exact) mass is 153 g/mol. The Balaban J connectivity index is 2.24. The second-order valence-corrected chi connectivity index (χ2v) is 2.62. The van der Waals surface area contributed by atoms with Crippen molar-refractivity contribution in [2.75, 3.05) is 0 Å². The normalized spacial score (nSPS) is 21.9. The van der Waals surface area contributed by atoms with Gasteiger partial charge in [-0.15, -0.1) is 0 Å². The molecule has 0 aromatic carbocycles. The van der Waals surface area contributed by atoms with Crippen molar-refractivity contribution in [3.05, 3.63) is 0 Å². The van der Waals surface area contributed by atoms with Crippen LogP contribution in [-0.2, 0) is 0 Å². The smallest absolute Gasteiger partial charge is 0.225 e. The zero-order chi connectivity index (χ0) is 7.61. The van der Waals surface area contributed by atoms with Gasteiger partial charge in [-0.3, -0.25) is 0 Å². The molecule has 1 fully saturated rings. The molecule has 4 heteroatoms. The number of rotatable bonds is 1. The number of halogens is 3. The summed E-state index contributed by atoms with van der Waals surface area (Å²) in [7, 11) is 0. The van der Waals surface area contributed by atoms with E-state index >= 15 is 0 Å². The molecule has 0 spiro atoms. The van der Waals surface area contributed by atoms with E-state index in [-0.39, 0.29) is 6.04 Å². The van der Waals surface area contributed by atoms with Gasteiger partial charge in [-0.05, 0) is 12.8 Å². The topological polar surface area (TPSA) is 12.0 Å². The fourth-order valence-corrected chi connectivity index (χ4v) is 1.30. The molecule has 60 valence electrons. The summed E-state index contributed by atoms with van der Waals surface area (Å²) < 4.78 is 34.8. The van der Waals surface area contributed by atoms with Gasteiger partial charge in [-0.25, -0.2) is 5.32 Å². The van der Waals surface area contributed by atoms with E-state index in [0.29, 0.717) is 12.8 Å². The van der Waals surface area contributed by atoms with E-state index in [9.17, 15) is 13.2 Å². The zero-order valence-electron chi connectivity index (χ0n) is 5.54.